The van der Waals surface area contributed by atoms with Crippen molar-refractivity contribution in [2.24, 2.45) is 0 Å². The first-order valence-electron chi connectivity index (χ1n) is 39.3. The maximum absolute atomic E-state index is 12.2. The van der Waals surface area contributed by atoms with E-state index in [9.17, 15) is 131 Å². The third kappa shape index (κ3) is 44.5. The molecule has 64 heteroatoms. The molecule has 48 nitrogen and oxygen atoms in total. The monoisotopic (exact) mass is 2180 g/mol. The Hall–Kier alpha value is 5.01. The molecule has 0 aromatic heterocycles. The van der Waals surface area contributed by atoms with Gasteiger partial charge in [-0.3, -0.25) is 0 Å². The fourth-order valence-corrected chi connectivity index (χ4v) is 21.1. The van der Waals surface area contributed by atoms with Crippen molar-refractivity contribution in [3.05, 3.63) is 20.8 Å². The average molecular weight is 2180 g/mol. The number of hydrogen-bond acceptors (Lipinski definition) is 56. The molecule has 16 N–H and O–H groups in total. The Bertz CT molecular complexity index is 3370. The van der Waals surface area contributed by atoms with Crippen LogP contribution in [0.4, 0.5) is 0 Å². The fraction of sp³-hybridized carbons (Fsp3) is 0.847. The van der Waals surface area contributed by atoms with Crippen LogP contribution in [0.1, 0.15) is 32.1 Å². The van der Waals surface area contributed by atoms with Crippen LogP contribution in [0.2, 0.25) is 0 Å². The summed E-state index contributed by atoms with van der Waals surface area (Å²) >= 11 is 7.76. The summed E-state index contributed by atoms with van der Waals surface area (Å²) in [4.78, 5) is 107. The summed E-state index contributed by atoms with van der Waals surface area (Å²) in [7, 11) is 0. The van der Waals surface area contributed by atoms with E-state index in [1.165, 1.54) is 0 Å². The van der Waals surface area contributed by atoms with Gasteiger partial charge in [-0.15, -0.1) is 17.3 Å². The van der Waals surface area contributed by atoms with Crippen molar-refractivity contribution in [2.45, 2.75) is 278 Å². The largest absolute Gasteiger partial charge is 1.00 e. The van der Waals surface area contributed by atoms with Gasteiger partial charge in [-0.25, -0.2) is 0 Å². The van der Waals surface area contributed by atoms with E-state index in [0.29, 0.717) is 0 Å². The van der Waals surface area contributed by atoms with Gasteiger partial charge in [-0.1, -0.05) is 0 Å². The Kier molecular flexibility index (Phi) is 81.7. The van der Waals surface area contributed by atoms with Gasteiger partial charge in [0.15, 0.2) is 50.3 Å². The number of rotatable bonds is 34. The van der Waals surface area contributed by atoms with Crippen LogP contribution in [0.25, 0.3) is 0 Å². The number of carbonyl (C=O) groups excluding carboxylic acids is 11. The van der Waals surface area contributed by atoms with Crippen molar-refractivity contribution >= 4 is 142 Å². The van der Waals surface area contributed by atoms with Gasteiger partial charge in [0.1, 0.15) is 146 Å². The summed E-state index contributed by atoms with van der Waals surface area (Å²) in [6.45, 7) is 11.5. The Morgan fingerprint density at radius 1 is 0.206 bits per heavy atom. The predicted molar refractivity (Wildman–Crippen MR) is 422 cm³/mol. The van der Waals surface area contributed by atoms with Crippen LogP contribution in [0.3, 0.4) is 0 Å². The standard InChI is InChI=1S/C69H109O42S8.3CO2.8Na/c1-4-112-17-25-54-38(80)46(88)62(96-25)105-55-26(18-113-5-2)98-64(48(90)40(55)82)107-57-28(20-115-12-7-33(70)71)100-66(50(92)42(57)84)109-59-30(22-117-14-9-35(74)75)102-68(52(94)44(59)86)111-61-32(24-119-16-11-37(78)79)103-69(53(95)45(61)87)110-60-31(23-118-15-10-36(76)77)101-67(51(93)43(60)85)108-58-29(21-116-13-8-34(72)73)99-65(49(91)41(58)83)106-56-27(19-114-6-3)97-63(104-54)47(89)39(56)81;3*2-1-3;;;;;;;;/h25-32,38-69,80-95H,1-24H2,(H,70,71)(H,72,73)(H,74,75)(H,76,77)(H,78,79);;;;;;;;;;;/q-3;;;;8*+1/p-5/t25-,26-,27-,28-,29-,30-,31-,32-,38-,39-,40-,41+,42-,43-,44-,45-,46-,47-,48-,49+,50-,51-,52-,53-,54-,55?,56?,57-,58?,59-,60?,61-,62-,63?,64?,65-,66?,67-,68?,69-;;;;;;;;;;;/m1.........../s1. The Balaban J connectivity index is -0.00001000. The van der Waals surface area contributed by atoms with Gasteiger partial charge >= 0.3 is 255 Å². The molecule has 136 heavy (non-hydrogen) atoms. The number of aliphatic hydroxyl groups excluding tert-OH is 16. The minimum absolute atomic E-state index is 0. The molecule has 0 radical (unpaired) electrons. The second kappa shape index (κ2) is 76.5. The molecule has 30 rings (SSSR count). The van der Waals surface area contributed by atoms with Gasteiger partial charge in [-0.2, -0.15) is 123 Å². The van der Waals surface area contributed by atoms with Crippen molar-refractivity contribution in [1.82, 2.24) is 0 Å². The van der Waals surface area contributed by atoms with E-state index in [-0.39, 0.29) is 347 Å². The number of ether oxygens (including phenoxy) is 16. The number of aliphatic carboxylic acids is 5. The second-order valence-electron chi connectivity index (χ2n) is 29.0. The first-order valence-corrected chi connectivity index (χ1v) is 48.5. The molecule has 30 aliphatic rings. The molecule has 30 aliphatic heterocycles. The summed E-state index contributed by atoms with van der Waals surface area (Å²) < 4.78 is 100. The second-order valence-corrected chi connectivity index (χ2v) is 38.2. The molecule has 0 aromatic carbocycles. The van der Waals surface area contributed by atoms with E-state index in [2.05, 4.69) is 20.8 Å². The average Bonchev–Trinajstić information content (AvgIpc) is 0.769. The molecule has 0 amide bonds. The van der Waals surface area contributed by atoms with E-state index in [4.69, 9.17) is 105 Å². The molecule has 0 aliphatic carbocycles. The van der Waals surface area contributed by atoms with Crippen molar-refractivity contribution in [2.75, 3.05) is 92.0 Å². The van der Waals surface area contributed by atoms with Gasteiger partial charge in [0, 0.05) is 75.9 Å². The van der Waals surface area contributed by atoms with E-state index in [0.717, 1.165) is 94.1 Å². The molecule has 8 unspecified atom stereocenters. The number of carbonyl (C=O) groups is 5. The van der Waals surface area contributed by atoms with E-state index < -0.39 is 308 Å². The summed E-state index contributed by atoms with van der Waals surface area (Å²) in [5, 5.41) is 252. The van der Waals surface area contributed by atoms with Crippen LogP contribution in [-0.4, -0.2) is 468 Å². The van der Waals surface area contributed by atoms with Crippen LogP contribution < -0.4 is 262 Å². The number of carboxylic acids is 5. The van der Waals surface area contributed by atoms with Crippen LogP contribution in [-0.2, 0) is 129 Å². The smallest absolute Gasteiger partial charge is 0.550 e. The number of carboxylic acid groups (broad SMARTS) is 5. The van der Waals surface area contributed by atoms with Crippen LogP contribution in [0.5, 0.6) is 0 Å². The first-order chi connectivity index (χ1) is 60.9. The molecule has 40 atom stereocenters. The molecular formula is C72H104Na8O48S8. The number of thioether (sulfide) groups is 8. The van der Waals surface area contributed by atoms with Crippen LogP contribution in [0.15, 0.2) is 0 Å². The minimum Gasteiger partial charge on any atom is -0.550 e. The van der Waals surface area contributed by atoms with Gasteiger partial charge in [0.2, 0.25) is 0 Å². The summed E-state index contributed by atoms with van der Waals surface area (Å²) in [6.07, 6.45) is -79.9. The van der Waals surface area contributed by atoms with Gasteiger partial charge in [-0.05, 0) is 60.9 Å². The SMILES string of the molecule is O=C=O.O=C=O.O=C=O.[CH2-]CSC[C@H]1OC2O[C@H]3[C@H](O)[C@@H](O)[C@@H](OC4[C@@H](CSC[CH2-])OC(O[C@H]5[C@H](O)[C@@H](O)C(O[C@H]6[C@H](O)[C@@H](O)C(O[C@H]7[C@H](O)[C@@H](O)[C@@H](OC8[C@@H](CSCCC(=O)[O-])O[C@H](OC9[C@@H](O)[C@H](O)[C@@H](OC1[C@H](O)[C@H]2O)O[C@@H]9CSCCC(=O)[O-])[C@H](O)[C@H]8O)O[C@@H]7CSCCC(=O)[O-])O[C@@H]6CSCCC(=O)[O-])O[C@@H]5CSCCC(=O)[O-])[C@H](O)[C@H]4O)O[C@@H]3CSC[CH2-].[Na+].[Na+].[Na+].[Na+].[Na+].[Na+].[Na+].[Na+]. The molecule has 736 valence electrons. The molecule has 30 heterocycles. The summed E-state index contributed by atoms with van der Waals surface area (Å²) in [5.41, 5.74) is 0. The summed E-state index contributed by atoms with van der Waals surface area (Å²) in [6, 6.07) is 0. The van der Waals surface area contributed by atoms with Crippen molar-refractivity contribution in [3.8, 4) is 0 Å². The van der Waals surface area contributed by atoms with E-state index in [1.807, 2.05) is 0 Å². The molecule has 0 saturated carbocycles. The number of aliphatic hydroxyl groups is 16. The number of hydrogen-bond donors (Lipinski definition) is 16. The minimum atomic E-state index is -2.31. The molecule has 30 saturated heterocycles. The predicted octanol–water partition coefficient (Wildman–Crippen LogP) is -39.0. The third-order valence-electron chi connectivity index (χ3n) is 20.4. The third-order valence-corrected chi connectivity index (χ3v) is 28.2. The quantitative estimate of drug-likeness (QED) is 0.0162. The maximum Gasteiger partial charge on any atom is 1.00 e. The maximum atomic E-state index is 12.2. The zero-order chi connectivity index (χ0) is 94.9. The van der Waals surface area contributed by atoms with E-state index in [1.54, 1.807) is 0 Å². The zero-order valence-electron chi connectivity index (χ0n) is 75.5. The van der Waals surface area contributed by atoms with Crippen molar-refractivity contribution < 1.29 is 472 Å². The topological polar surface area (TPSA) is 774 Å². The van der Waals surface area contributed by atoms with Gasteiger partial charge in [0.25, 0.3) is 0 Å². The summed E-state index contributed by atoms with van der Waals surface area (Å²) in [5.74, 6) is -9.96. The van der Waals surface area contributed by atoms with Crippen LogP contribution >= 0.6 is 94.1 Å². The normalized spacial score (nSPS) is 38.6. The molecule has 0 spiro atoms. The zero-order valence-corrected chi connectivity index (χ0v) is 98.1. The Labute approximate surface area is 991 Å². The van der Waals surface area contributed by atoms with Crippen LogP contribution in [0, 0.1) is 20.8 Å². The fourth-order valence-electron chi connectivity index (χ4n) is 14.2. The molecule has 30 fully saturated rings. The first kappa shape index (κ1) is 145. The van der Waals surface area contributed by atoms with E-state index >= 15 is 0 Å². The Morgan fingerprint density at radius 3 is 0.404 bits per heavy atom. The van der Waals surface area contributed by atoms with Gasteiger partial charge in [0.05, 0.1) is 48.8 Å². The molecule has 16 bridgehead atoms. The molecule has 0 aromatic rings. The van der Waals surface area contributed by atoms with Crippen molar-refractivity contribution in [3.63, 3.8) is 0 Å². The van der Waals surface area contributed by atoms with Crippen molar-refractivity contribution in [1.29, 1.82) is 0 Å². The van der Waals surface area contributed by atoms with Gasteiger partial charge < -0.3 is 228 Å². The molecular weight excluding hydrogens is 2070 g/mol. The Morgan fingerprint density at radius 2 is 0.309 bits per heavy atom.